The van der Waals surface area contributed by atoms with Crippen molar-refractivity contribution in [3.8, 4) is 0 Å². The number of fused-ring (bicyclic) bond motifs is 2. The van der Waals surface area contributed by atoms with Crippen LogP contribution in [0.2, 0.25) is 0 Å². The maximum atomic E-state index is 13.4. The summed E-state index contributed by atoms with van der Waals surface area (Å²) >= 11 is 1.34. The number of hydrogen-bond acceptors (Lipinski definition) is 6. The Balaban J connectivity index is 0.000000730. The van der Waals surface area contributed by atoms with Crippen LogP contribution in [0.15, 0.2) is 42.2 Å². The monoisotopic (exact) mass is 439 g/mol. The third-order valence-corrected chi connectivity index (χ3v) is 6.81. The molecule has 0 aliphatic carbocycles. The van der Waals surface area contributed by atoms with Gasteiger partial charge in [-0.05, 0) is 25.0 Å². The van der Waals surface area contributed by atoms with Gasteiger partial charge in [0.05, 0.1) is 11.2 Å². The number of amides is 2. The summed E-state index contributed by atoms with van der Waals surface area (Å²) in [5.41, 5.74) is 3.30. The fraction of sp³-hybridized carbons (Fsp3) is 0.286. The second-order valence-corrected chi connectivity index (χ2v) is 8.25. The molecule has 2 aliphatic rings. The summed E-state index contributed by atoms with van der Waals surface area (Å²) in [6.45, 7) is 2.07. The summed E-state index contributed by atoms with van der Waals surface area (Å²) in [7, 11) is 1.90. The van der Waals surface area contributed by atoms with Crippen molar-refractivity contribution in [1.82, 2.24) is 19.4 Å². The number of imidazole rings is 1. The molecule has 0 saturated carbocycles. The van der Waals surface area contributed by atoms with E-state index in [9.17, 15) is 9.59 Å². The van der Waals surface area contributed by atoms with E-state index in [1.807, 2.05) is 49.0 Å². The quantitative estimate of drug-likeness (QED) is 0.592. The third-order valence-electron chi connectivity index (χ3n) is 5.89. The fourth-order valence-corrected chi connectivity index (χ4v) is 5.30. The number of nitrogens with zero attached hydrogens (tertiary/aromatic N) is 4. The van der Waals surface area contributed by atoms with Gasteiger partial charge < -0.3 is 19.9 Å². The summed E-state index contributed by atoms with van der Waals surface area (Å²) < 4.78 is 1.89. The minimum absolute atomic E-state index is 0.0713. The van der Waals surface area contributed by atoms with E-state index in [-0.39, 0.29) is 18.3 Å². The van der Waals surface area contributed by atoms with Crippen molar-refractivity contribution >= 4 is 35.3 Å². The molecule has 0 radical (unpaired) electrons. The third kappa shape index (κ3) is 3.10. The standard InChI is InChI=1S/C20H19N5O2S.CH2O2/c1-12-15(28-11-22-12)18(26)25-9-7-20(16(25)17-21-8-10-24(17)2)13-5-3-4-6-14(13)23-19(20)27;2-1-3/h3-6,8,10-11,16H,7,9H2,1-2H3,(H,23,27);1H,(H,2,3)/t16-,20+;/m0./s1. The molecule has 0 bridgehead atoms. The van der Waals surface area contributed by atoms with Gasteiger partial charge in [-0.25, -0.2) is 9.97 Å². The number of hydrogen-bond donors (Lipinski definition) is 2. The van der Waals surface area contributed by atoms with Gasteiger partial charge in [-0.1, -0.05) is 18.2 Å². The predicted octanol–water partition coefficient (Wildman–Crippen LogP) is 2.36. The van der Waals surface area contributed by atoms with Crippen LogP contribution in [0.4, 0.5) is 5.69 Å². The molecule has 2 atom stereocenters. The van der Waals surface area contributed by atoms with Gasteiger partial charge in [-0.3, -0.25) is 14.4 Å². The Morgan fingerprint density at radius 1 is 1.35 bits per heavy atom. The van der Waals surface area contributed by atoms with Gasteiger partial charge in [0.1, 0.15) is 22.2 Å². The molecule has 2 amide bonds. The normalized spacial score (nSPS) is 21.4. The fourth-order valence-electron chi connectivity index (χ4n) is 4.54. The highest BCUT2D eigenvalue weighted by atomic mass is 32.1. The second-order valence-electron chi connectivity index (χ2n) is 7.39. The Morgan fingerprint density at radius 2 is 2.10 bits per heavy atom. The molecular weight excluding hydrogens is 418 g/mol. The molecule has 2 aliphatic heterocycles. The number of anilines is 1. The van der Waals surface area contributed by atoms with Gasteiger partial charge in [0.15, 0.2) is 0 Å². The molecule has 0 unspecified atom stereocenters. The Kier molecular flexibility index (Phi) is 5.32. The number of rotatable bonds is 2. The highest BCUT2D eigenvalue weighted by Crippen LogP contribution is 2.54. The van der Waals surface area contributed by atoms with Crippen molar-refractivity contribution < 1.29 is 19.5 Å². The van der Waals surface area contributed by atoms with Gasteiger partial charge in [0, 0.05) is 31.7 Å². The zero-order valence-electron chi connectivity index (χ0n) is 17.0. The maximum absolute atomic E-state index is 13.4. The lowest BCUT2D eigenvalue weighted by atomic mass is 9.74. The van der Waals surface area contributed by atoms with Gasteiger partial charge >= 0.3 is 0 Å². The van der Waals surface area contributed by atoms with E-state index in [0.29, 0.717) is 29.4 Å². The zero-order chi connectivity index (χ0) is 22.2. The lowest BCUT2D eigenvalue weighted by Crippen LogP contribution is -2.43. The summed E-state index contributed by atoms with van der Waals surface area (Å²) in [5, 5.41) is 9.91. The van der Waals surface area contributed by atoms with Crippen LogP contribution < -0.4 is 5.32 Å². The van der Waals surface area contributed by atoms with Crippen LogP contribution in [0.3, 0.4) is 0 Å². The molecule has 5 rings (SSSR count). The Morgan fingerprint density at radius 3 is 2.74 bits per heavy atom. The SMILES string of the molecule is Cc1ncsc1C(=O)N1CC[C@]2(C(=O)Nc3ccccc32)[C@@H]1c1nccn1C.O=CO. The smallest absolute Gasteiger partial charge is 0.290 e. The summed E-state index contributed by atoms with van der Waals surface area (Å²) in [5.74, 6) is 0.542. The van der Waals surface area contributed by atoms with Crippen molar-refractivity contribution in [1.29, 1.82) is 0 Å². The van der Waals surface area contributed by atoms with E-state index in [0.717, 1.165) is 11.3 Å². The Bertz CT molecular complexity index is 1160. The van der Waals surface area contributed by atoms with Crippen LogP contribution in [-0.2, 0) is 22.1 Å². The topological polar surface area (TPSA) is 117 Å². The average Bonchev–Trinajstić information content (AvgIpc) is 3.51. The first-order valence-electron chi connectivity index (χ1n) is 9.62. The van der Waals surface area contributed by atoms with E-state index < -0.39 is 11.5 Å². The largest absolute Gasteiger partial charge is 0.483 e. The van der Waals surface area contributed by atoms with Crippen LogP contribution in [0.1, 0.15) is 39.2 Å². The molecule has 1 spiro atoms. The van der Waals surface area contributed by atoms with Crippen molar-refractivity contribution in [3.05, 3.63) is 64.1 Å². The van der Waals surface area contributed by atoms with Crippen molar-refractivity contribution in [2.75, 3.05) is 11.9 Å². The Labute approximate surface area is 182 Å². The average molecular weight is 439 g/mol. The van der Waals surface area contributed by atoms with Crippen LogP contribution in [0.25, 0.3) is 0 Å². The van der Waals surface area contributed by atoms with Crippen molar-refractivity contribution in [2.45, 2.75) is 24.8 Å². The van der Waals surface area contributed by atoms with Gasteiger partial charge in [0.2, 0.25) is 5.91 Å². The molecule has 1 saturated heterocycles. The molecule has 31 heavy (non-hydrogen) atoms. The first kappa shape index (κ1) is 20.7. The van der Waals surface area contributed by atoms with E-state index in [1.165, 1.54) is 11.3 Å². The Hall–Kier alpha value is -3.53. The van der Waals surface area contributed by atoms with Gasteiger partial charge in [-0.2, -0.15) is 0 Å². The number of carbonyl (C=O) groups is 3. The number of aromatic nitrogens is 3. The molecule has 9 nitrogen and oxygen atoms in total. The molecule has 160 valence electrons. The van der Waals surface area contributed by atoms with Crippen LogP contribution >= 0.6 is 11.3 Å². The second kappa shape index (κ2) is 7.95. The van der Waals surface area contributed by atoms with Gasteiger partial charge in [-0.15, -0.1) is 11.3 Å². The molecule has 4 heterocycles. The lowest BCUT2D eigenvalue weighted by molar-refractivity contribution is -0.123. The summed E-state index contributed by atoms with van der Waals surface area (Å²) in [4.78, 5) is 46.3. The highest BCUT2D eigenvalue weighted by Gasteiger charge is 2.60. The van der Waals surface area contributed by atoms with E-state index in [4.69, 9.17) is 9.90 Å². The number of carbonyl (C=O) groups excluding carboxylic acids is 2. The number of carboxylic acid groups (broad SMARTS) is 1. The number of nitrogens with one attached hydrogen (secondary N) is 1. The molecular formula is C21H21N5O4S. The number of likely N-dealkylation sites (tertiary alicyclic amines) is 1. The molecule has 2 aromatic heterocycles. The lowest BCUT2D eigenvalue weighted by Gasteiger charge is -2.33. The highest BCUT2D eigenvalue weighted by molar-refractivity contribution is 7.11. The minimum Gasteiger partial charge on any atom is -0.483 e. The number of thiazole rings is 1. The summed E-state index contributed by atoms with van der Waals surface area (Å²) in [6, 6.07) is 7.26. The zero-order valence-corrected chi connectivity index (χ0v) is 17.8. The number of para-hydroxylation sites is 1. The van der Waals surface area contributed by atoms with Crippen molar-refractivity contribution in [2.24, 2.45) is 7.05 Å². The first-order valence-corrected chi connectivity index (χ1v) is 10.5. The molecule has 1 fully saturated rings. The molecule has 2 N–H and O–H groups in total. The first-order chi connectivity index (χ1) is 15.0. The number of benzene rings is 1. The van der Waals surface area contributed by atoms with E-state index in [2.05, 4.69) is 15.3 Å². The molecule has 3 aromatic rings. The summed E-state index contributed by atoms with van der Waals surface area (Å²) in [6.07, 6.45) is 4.11. The van der Waals surface area contributed by atoms with Crippen molar-refractivity contribution in [3.63, 3.8) is 0 Å². The number of aryl methyl sites for hydroxylation is 2. The van der Waals surface area contributed by atoms with Crippen LogP contribution in [0, 0.1) is 6.92 Å². The van der Waals surface area contributed by atoms with E-state index in [1.54, 1.807) is 16.6 Å². The molecule has 1 aromatic carbocycles. The predicted molar refractivity (Wildman–Crippen MR) is 114 cm³/mol. The van der Waals surface area contributed by atoms with Crippen LogP contribution in [-0.4, -0.2) is 49.4 Å². The van der Waals surface area contributed by atoms with Gasteiger partial charge in [0.25, 0.3) is 12.4 Å². The minimum atomic E-state index is -0.843. The van der Waals surface area contributed by atoms with Crippen LogP contribution in [0.5, 0.6) is 0 Å². The van der Waals surface area contributed by atoms with E-state index >= 15 is 0 Å². The maximum Gasteiger partial charge on any atom is 0.290 e. The molecule has 10 heteroatoms.